The predicted molar refractivity (Wildman–Crippen MR) is 98.7 cm³/mol. The highest BCUT2D eigenvalue weighted by Crippen LogP contribution is 2.28. The van der Waals surface area contributed by atoms with E-state index >= 15 is 0 Å². The molecule has 1 saturated carbocycles. The van der Waals surface area contributed by atoms with Crippen LogP contribution in [0.3, 0.4) is 0 Å². The lowest BCUT2D eigenvalue weighted by Gasteiger charge is -2.34. The quantitative estimate of drug-likeness (QED) is 0.741. The summed E-state index contributed by atoms with van der Waals surface area (Å²) in [5, 5.41) is 2.92. The van der Waals surface area contributed by atoms with Gasteiger partial charge in [0.2, 0.25) is 15.9 Å². The van der Waals surface area contributed by atoms with Crippen molar-refractivity contribution in [2.24, 2.45) is 11.8 Å². The number of carbonyl (C=O) groups is 1. The zero-order chi connectivity index (χ0) is 17.7. The summed E-state index contributed by atoms with van der Waals surface area (Å²) in [6.07, 6.45) is 8.91. The fourth-order valence-electron chi connectivity index (χ4n) is 4.52. The van der Waals surface area contributed by atoms with E-state index in [1.165, 1.54) is 12.8 Å². The summed E-state index contributed by atoms with van der Waals surface area (Å²) in [5.41, 5.74) is 0. The van der Waals surface area contributed by atoms with E-state index in [0.29, 0.717) is 25.4 Å². The topological polar surface area (TPSA) is 78.5 Å². The maximum atomic E-state index is 12.7. The Kier molecular flexibility index (Phi) is 6.74. The maximum absolute atomic E-state index is 12.7. The van der Waals surface area contributed by atoms with Crippen molar-refractivity contribution in [2.75, 3.05) is 32.7 Å². The molecule has 0 spiro atoms. The molecule has 144 valence electrons. The molecule has 1 amide bonds. The molecule has 2 aliphatic heterocycles. The van der Waals surface area contributed by atoms with Crippen LogP contribution in [-0.4, -0.2) is 57.2 Å². The van der Waals surface area contributed by atoms with Gasteiger partial charge in [-0.15, -0.1) is 0 Å². The lowest BCUT2D eigenvalue weighted by molar-refractivity contribution is -0.136. The molecule has 7 heteroatoms. The first-order valence-corrected chi connectivity index (χ1v) is 11.6. The number of nitrogens with zero attached hydrogens (tertiary/aromatic N) is 1. The van der Waals surface area contributed by atoms with Crippen molar-refractivity contribution in [3.05, 3.63) is 0 Å². The Balaban J connectivity index is 1.47. The summed E-state index contributed by atoms with van der Waals surface area (Å²) >= 11 is 0. The molecule has 2 unspecified atom stereocenters. The maximum Gasteiger partial charge on any atom is 0.225 e. The number of sulfonamides is 1. The van der Waals surface area contributed by atoms with Gasteiger partial charge in [0.25, 0.3) is 0 Å². The van der Waals surface area contributed by atoms with E-state index in [9.17, 15) is 13.2 Å². The second kappa shape index (κ2) is 8.82. The van der Waals surface area contributed by atoms with Crippen LogP contribution >= 0.6 is 0 Å². The van der Waals surface area contributed by atoms with Crippen molar-refractivity contribution in [1.82, 2.24) is 14.9 Å². The molecule has 0 bridgehead atoms. The first kappa shape index (κ1) is 19.1. The third kappa shape index (κ3) is 5.17. The molecule has 0 aromatic carbocycles. The molecule has 2 heterocycles. The summed E-state index contributed by atoms with van der Waals surface area (Å²) in [6, 6.07) is 0. The minimum atomic E-state index is -3.34. The minimum Gasteiger partial charge on any atom is -0.341 e. The van der Waals surface area contributed by atoms with Crippen LogP contribution in [-0.2, 0) is 14.8 Å². The van der Waals surface area contributed by atoms with Crippen LogP contribution in [0.2, 0.25) is 0 Å². The Morgan fingerprint density at radius 1 is 1.08 bits per heavy atom. The molecule has 25 heavy (non-hydrogen) atoms. The lowest BCUT2D eigenvalue weighted by Crippen LogP contribution is -2.49. The van der Waals surface area contributed by atoms with Crippen LogP contribution in [0.25, 0.3) is 0 Å². The van der Waals surface area contributed by atoms with Crippen molar-refractivity contribution in [1.29, 1.82) is 0 Å². The standard InChI is InChI=1S/C18H33N3O3S/c22-18(16-6-1-2-7-16)21-12-4-8-17(14-21)25(23,24)20-11-9-15-5-3-10-19-13-15/h15-17,19-20H,1-14H2. The Labute approximate surface area is 152 Å². The van der Waals surface area contributed by atoms with Crippen molar-refractivity contribution < 1.29 is 13.2 Å². The number of piperidine rings is 2. The molecule has 2 atom stereocenters. The van der Waals surface area contributed by atoms with Gasteiger partial charge in [-0.25, -0.2) is 13.1 Å². The second-order valence-electron chi connectivity index (χ2n) is 7.97. The number of likely N-dealkylation sites (tertiary alicyclic amines) is 1. The molecule has 3 aliphatic rings. The SMILES string of the molecule is O=C(C1CCCC1)N1CCCC(S(=O)(=O)NCCC2CCCNC2)C1. The van der Waals surface area contributed by atoms with Crippen molar-refractivity contribution >= 4 is 15.9 Å². The molecule has 3 rings (SSSR count). The van der Waals surface area contributed by atoms with E-state index < -0.39 is 15.3 Å². The molecule has 2 N–H and O–H groups in total. The molecule has 0 radical (unpaired) electrons. The molecule has 3 fully saturated rings. The fraction of sp³-hybridized carbons (Fsp3) is 0.944. The molecular formula is C18H33N3O3S. The van der Waals surface area contributed by atoms with Crippen LogP contribution in [0.15, 0.2) is 0 Å². The first-order valence-electron chi connectivity index (χ1n) is 10.0. The highest BCUT2D eigenvalue weighted by Gasteiger charge is 2.35. The zero-order valence-corrected chi connectivity index (χ0v) is 16.0. The van der Waals surface area contributed by atoms with Crippen LogP contribution in [0.1, 0.15) is 57.8 Å². The van der Waals surface area contributed by atoms with Gasteiger partial charge in [0.1, 0.15) is 0 Å². The van der Waals surface area contributed by atoms with E-state index in [0.717, 1.165) is 58.2 Å². The zero-order valence-electron chi connectivity index (χ0n) is 15.2. The van der Waals surface area contributed by atoms with Gasteiger partial charge in [-0.1, -0.05) is 12.8 Å². The third-order valence-electron chi connectivity index (χ3n) is 6.09. The van der Waals surface area contributed by atoms with Crippen LogP contribution in [0.5, 0.6) is 0 Å². The van der Waals surface area contributed by atoms with Crippen molar-refractivity contribution in [3.8, 4) is 0 Å². The smallest absolute Gasteiger partial charge is 0.225 e. The number of hydrogen-bond acceptors (Lipinski definition) is 4. The van der Waals surface area contributed by atoms with Gasteiger partial charge in [0.15, 0.2) is 0 Å². The van der Waals surface area contributed by atoms with E-state index in [1.807, 2.05) is 4.90 Å². The van der Waals surface area contributed by atoms with E-state index in [-0.39, 0.29) is 11.8 Å². The molecular weight excluding hydrogens is 338 g/mol. The Morgan fingerprint density at radius 3 is 2.60 bits per heavy atom. The largest absolute Gasteiger partial charge is 0.341 e. The van der Waals surface area contributed by atoms with Gasteiger partial charge in [-0.05, 0) is 64.0 Å². The van der Waals surface area contributed by atoms with Gasteiger partial charge < -0.3 is 10.2 Å². The molecule has 0 aromatic rings. The number of nitrogens with one attached hydrogen (secondary N) is 2. The number of carbonyl (C=O) groups excluding carboxylic acids is 1. The molecule has 1 aliphatic carbocycles. The van der Waals surface area contributed by atoms with Gasteiger partial charge in [-0.3, -0.25) is 4.79 Å². The van der Waals surface area contributed by atoms with Gasteiger partial charge >= 0.3 is 0 Å². The lowest BCUT2D eigenvalue weighted by atomic mass is 9.96. The number of hydrogen-bond donors (Lipinski definition) is 2. The van der Waals surface area contributed by atoms with Crippen LogP contribution in [0, 0.1) is 11.8 Å². The van der Waals surface area contributed by atoms with Crippen LogP contribution < -0.4 is 10.0 Å². The van der Waals surface area contributed by atoms with Gasteiger partial charge in [0, 0.05) is 25.6 Å². The summed E-state index contributed by atoms with van der Waals surface area (Å²) in [7, 11) is -3.34. The number of amides is 1. The highest BCUT2D eigenvalue weighted by atomic mass is 32.2. The Bertz CT molecular complexity index is 540. The Morgan fingerprint density at radius 2 is 1.88 bits per heavy atom. The molecule has 0 aromatic heterocycles. The minimum absolute atomic E-state index is 0.133. The monoisotopic (exact) mass is 371 g/mol. The Hall–Kier alpha value is -0.660. The average molecular weight is 372 g/mol. The van der Waals surface area contributed by atoms with Gasteiger partial charge in [0.05, 0.1) is 5.25 Å². The van der Waals surface area contributed by atoms with Gasteiger partial charge in [-0.2, -0.15) is 0 Å². The highest BCUT2D eigenvalue weighted by molar-refractivity contribution is 7.90. The van der Waals surface area contributed by atoms with Crippen molar-refractivity contribution in [3.63, 3.8) is 0 Å². The first-order chi connectivity index (χ1) is 12.1. The summed E-state index contributed by atoms with van der Waals surface area (Å²) in [4.78, 5) is 14.4. The van der Waals surface area contributed by atoms with E-state index in [4.69, 9.17) is 0 Å². The fourth-order valence-corrected chi connectivity index (χ4v) is 6.01. The summed E-state index contributed by atoms with van der Waals surface area (Å²) in [5.74, 6) is 0.891. The third-order valence-corrected chi connectivity index (χ3v) is 7.96. The summed E-state index contributed by atoms with van der Waals surface area (Å²) < 4.78 is 28.1. The normalized spacial score (nSPS) is 29.0. The van der Waals surface area contributed by atoms with Crippen molar-refractivity contribution in [2.45, 2.75) is 63.0 Å². The average Bonchev–Trinajstić information content (AvgIpc) is 3.17. The number of rotatable bonds is 6. The molecule has 6 nitrogen and oxygen atoms in total. The second-order valence-corrected chi connectivity index (χ2v) is 10.0. The molecule has 2 saturated heterocycles. The summed E-state index contributed by atoms with van der Waals surface area (Å²) in [6.45, 7) is 3.68. The van der Waals surface area contributed by atoms with Crippen LogP contribution in [0.4, 0.5) is 0 Å². The predicted octanol–water partition coefficient (Wildman–Crippen LogP) is 1.48. The van der Waals surface area contributed by atoms with E-state index in [1.54, 1.807) is 0 Å². The van der Waals surface area contributed by atoms with E-state index in [2.05, 4.69) is 10.0 Å².